The lowest BCUT2D eigenvalue weighted by molar-refractivity contribution is 0.395. The number of methoxy groups -OCH3 is 2. The number of ether oxygens (including phenoxy) is 2. The number of nitrogens with one attached hydrogen (secondary N) is 1. The SMILES string of the molecule is COc1cc(NS(=O)(=O)c2ccc(-n3ncc(Cl)c(Cl)c3=O)cc2)cc(OC)c1. The molecule has 3 rings (SSSR count). The Balaban J connectivity index is 1.91. The summed E-state index contributed by atoms with van der Waals surface area (Å²) in [5.74, 6) is 0.866. The summed E-state index contributed by atoms with van der Waals surface area (Å²) in [6.45, 7) is 0. The Hall–Kier alpha value is -2.75. The van der Waals surface area contributed by atoms with Crippen molar-refractivity contribution in [2.24, 2.45) is 0 Å². The molecule has 0 fully saturated rings. The zero-order valence-corrected chi connectivity index (χ0v) is 17.5. The van der Waals surface area contributed by atoms with Crippen LogP contribution in [0.2, 0.25) is 10.0 Å². The van der Waals surface area contributed by atoms with E-state index in [4.69, 9.17) is 32.7 Å². The van der Waals surface area contributed by atoms with E-state index < -0.39 is 15.6 Å². The van der Waals surface area contributed by atoms with Crippen molar-refractivity contribution in [2.75, 3.05) is 18.9 Å². The van der Waals surface area contributed by atoms with Gasteiger partial charge in [-0.05, 0) is 24.3 Å². The van der Waals surface area contributed by atoms with E-state index in [0.717, 1.165) is 4.68 Å². The summed E-state index contributed by atoms with van der Waals surface area (Å²) in [5.41, 5.74) is -0.0143. The molecule has 0 aliphatic carbocycles. The Morgan fingerprint density at radius 2 is 1.59 bits per heavy atom. The van der Waals surface area contributed by atoms with E-state index in [-0.39, 0.29) is 20.6 Å². The minimum atomic E-state index is -3.90. The van der Waals surface area contributed by atoms with Crippen LogP contribution < -0.4 is 19.8 Å². The van der Waals surface area contributed by atoms with Crippen LogP contribution in [0.15, 0.2) is 58.4 Å². The van der Waals surface area contributed by atoms with E-state index >= 15 is 0 Å². The van der Waals surface area contributed by atoms with E-state index in [0.29, 0.717) is 17.2 Å². The Labute approximate surface area is 176 Å². The number of hydrogen-bond acceptors (Lipinski definition) is 6. The molecule has 0 saturated heterocycles. The van der Waals surface area contributed by atoms with Crippen LogP contribution in [0.25, 0.3) is 5.69 Å². The molecule has 152 valence electrons. The predicted octanol–water partition coefficient (Wildman–Crippen LogP) is 3.36. The highest BCUT2D eigenvalue weighted by atomic mass is 35.5. The normalized spacial score (nSPS) is 11.2. The molecule has 2 aromatic carbocycles. The number of benzene rings is 2. The topological polar surface area (TPSA) is 99.5 Å². The molecule has 11 heteroatoms. The number of anilines is 1. The monoisotopic (exact) mass is 455 g/mol. The van der Waals surface area contributed by atoms with Crippen molar-refractivity contribution in [1.29, 1.82) is 0 Å². The van der Waals surface area contributed by atoms with Crippen LogP contribution in [0.5, 0.6) is 11.5 Å². The Bertz CT molecular complexity index is 1190. The van der Waals surface area contributed by atoms with Gasteiger partial charge in [0.2, 0.25) is 0 Å². The van der Waals surface area contributed by atoms with Crippen LogP contribution in [0.3, 0.4) is 0 Å². The highest BCUT2D eigenvalue weighted by Gasteiger charge is 2.16. The summed E-state index contributed by atoms with van der Waals surface area (Å²) < 4.78 is 39.2. The molecule has 1 N–H and O–H groups in total. The smallest absolute Gasteiger partial charge is 0.291 e. The quantitative estimate of drug-likeness (QED) is 0.611. The second-order valence-corrected chi connectivity index (χ2v) is 8.19. The van der Waals surface area contributed by atoms with Gasteiger partial charge in [0.15, 0.2) is 0 Å². The lowest BCUT2D eigenvalue weighted by Gasteiger charge is -2.12. The van der Waals surface area contributed by atoms with Gasteiger partial charge in [-0.25, -0.2) is 8.42 Å². The number of hydrogen-bond donors (Lipinski definition) is 1. The number of sulfonamides is 1. The van der Waals surface area contributed by atoms with Crippen LogP contribution in [-0.4, -0.2) is 32.4 Å². The first-order chi connectivity index (χ1) is 13.7. The zero-order valence-electron chi connectivity index (χ0n) is 15.2. The van der Waals surface area contributed by atoms with Crippen LogP contribution in [-0.2, 0) is 10.0 Å². The molecule has 1 aromatic heterocycles. The van der Waals surface area contributed by atoms with Crippen molar-refractivity contribution < 1.29 is 17.9 Å². The van der Waals surface area contributed by atoms with Gasteiger partial charge in [-0.2, -0.15) is 9.78 Å². The highest BCUT2D eigenvalue weighted by molar-refractivity contribution is 7.92. The fraction of sp³-hybridized carbons (Fsp3) is 0.111. The van der Waals surface area contributed by atoms with Gasteiger partial charge in [0, 0.05) is 18.2 Å². The highest BCUT2D eigenvalue weighted by Crippen LogP contribution is 2.27. The summed E-state index contributed by atoms with van der Waals surface area (Å²) in [6.07, 6.45) is 1.23. The van der Waals surface area contributed by atoms with Crippen molar-refractivity contribution in [2.45, 2.75) is 4.90 Å². The van der Waals surface area contributed by atoms with Gasteiger partial charge in [-0.1, -0.05) is 23.2 Å². The molecule has 0 unspecified atom stereocenters. The van der Waals surface area contributed by atoms with Crippen molar-refractivity contribution >= 4 is 38.9 Å². The minimum absolute atomic E-state index is 0.0175. The van der Waals surface area contributed by atoms with Crippen LogP contribution >= 0.6 is 23.2 Å². The standard InChI is InChI=1S/C18H15Cl2N3O5S/c1-27-13-7-11(8-14(9-13)28-2)22-29(25,26)15-5-3-12(4-6-15)23-18(24)17(20)16(19)10-21-23/h3-10,22H,1-2H3. The molecule has 0 bridgehead atoms. The second kappa shape index (κ2) is 8.32. The molecule has 0 aliphatic heterocycles. The van der Waals surface area contributed by atoms with Gasteiger partial charge < -0.3 is 9.47 Å². The third-order valence-electron chi connectivity index (χ3n) is 3.87. The maximum Gasteiger partial charge on any atom is 0.291 e. The van der Waals surface area contributed by atoms with Gasteiger partial charge in [0.05, 0.1) is 41.7 Å². The summed E-state index contributed by atoms with van der Waals surface area (Å²) in [5, 5.41) is 3.76. The largest absolute Gasteiger partial charge is 0.497 e. The lowest BCUT2D eigenvalue weighted by atomic mass is 10.3. The molecular formula is C18H15Cl2N3O5S. The Kier molecular flexibility index (Phi) is 6.02. The first-order valence-electron chi connectivity index (χ1n) is 8.05. The Morgan fingerprint density at radius 3 is 2.14 bits per heavy atom. The van der Waals surface area contributed by atoms with Crippen molar-refractivity contribution in [3.63, 3.8) is 0 Å². The van der Waals surface area contributed by atoms with Gasteiger partial charge in [-0.15, -0.1) is 0 Å². The van der Waals surface area contributed by atoms with Crippen molar-refractivity contribution in [1.82, 2.24) is 9.78 Å². The van der Waals surface area contributed by atoms with E-state index in [1.165, 1.54) is 56.8 Å². The summed E-state index contributed by atoms with van der Waals surface area (Å²) in [4.78, 5) is 12.1. The maximum atomic E-state index is 12.7. The first-order valence-corrected chi connectivity index (χ1v) is 10.3. The van der Waals surface area contributed by atoms with Crippen molar-refractivity contribution in [3.05, 3.63) is 69.1 Å². The fourth-order valence-corrected chi connectivity index (χ4v) is 3.74. The molecular weight excluding hydrogens is 441 g/mol. The molecule has 29 heavy (non-hydrogen) atoms. The molecule has 1 heterocycles. The van der Waals surface area contributed by atoms with E-state index in [2.05, 4.69) is 9.82 Å². The molecule has 0 saturated carbocycles. The molecule has 8 nitrogen and oxygen atoms in total. The molecule has 0 radical (unpaired) electrons. The number of aromatic nitrogens is 2. The molecule has 0 atom stereocenters. The van der Waals surface area contributed by atoms with Crippen LogP contribution in [0.4, 0.5) is 5.69 Å². The summed E-state index contributed by atoms with van der Waals surface area (Å²) in [7, 11) is -0.977. The molecule has 0 spiro atoms. The average molecular weight is 456 g/mol. The molecule has 0 amide bonds. The third kappa shape index (κ3) is 4.47. The minimum Gasteiger partial charge on any atom is -0.497 e. The number of nitrogens with zero attached hydrogens (tertiary/aromatic N) is 2. The summed E-state index contributed by atoms with van der Waals surface area (Å²) >= 11 is 11.6. The van der Waals surface area contributed by atoms with Gasteiger partial charge in [0.25, 0.3) is 15.6 Å². The maximum absolute atomic E-state index is 12.7. The number of halogens is 2. The predicted molar refractivity (Wildman–Crippen MR) is 110 cm³/mol. The lowest BCUT2D eigenvalue weighted by Crippen LogP contribution is -2.21. The zero-order chi connectivity index (χ0) is 21.2. The van der Waals surface area contributed by atoms with Gasteiger partial charge in [0.1, 0.15) is 16.5 Å². The van der Waals surface area contributed by atoms with Gasteiger partial charge in [-0.3, -0.25) is 9.52 Å². The van der Waals surface area contributed by atoms with E-state index in [1.54, 1.807) is 6.07 Å². The van der Waals surface area contributed by atoms with Crippen molar-refractivity contribution in [3.8, 4) is 17.2 Å². The van der Waals surface area contributed by atoms with E-state index in [1.807, 2.05) is 0 Å². The molecule has 3 aromatic rings. The Morgan fingerprint density at radius 1 is 1.00 bits per heavy atom. The number of rotatable bonds is 6. The molecule has 0 aliphatic rings. The third-order valence-corrected chi connectivity index (χ3v) is 6.02. The van der Waals surface area contributed by atoms with Crippen LogP contribution in [0, 0.1) is 0 Å². The van der Waals surface area contributed by atoms with E-state index in [9.17, 15) is 13.2 Å². The van der Waals surface area contributed by atoms with Crippen LogP contribution in [0.1, 0.15) is 0 Å². The summed E-state index contributed by atoms with van der Waals surface area (Å²) in [6, 6.07) is 10.2. The second-order valence-electron chi connectivity index (χ2n) is 5.72. The average Bonchev–Trinajstić information content (AvgIpc) is 2.71. The van der Waals surface area contributed by atoms with Gasteiger partial charge >= 0.3 is 0 Å². The fourth-order valence-electron chi connectivity index (χ4n) is 2.44. The first kappa shape index (κ1) is 21.0.